The van der Waals surface area contributed by atoms with Crippen LogP contribution in [0.15, 0.2) is 48.5 Å². The van der Waals surface area contributed by atoms with Gasteiger partial charge in [-0.3, -0.25) is 4.79 Å². The van der Waals surface area contributed by atoms with Crippen LogP contribution in [0, 0.1) is 5.82 Å². The lowest BCUT2D eigenvalue weighted by Gasteiger charge is -2.29. The third-order valence-electron chi connectivity index (χ3n) is 4.20. The number of ketones is 1. The van der Waals surface area contributed by atoms with Crippen molar-refractivity contribution in [2.75, 3.05) is 37.8 Å². The monoisotopic (exact) mass is 355 g/mol. The molecule has 5 heteroatoms. The zero-order chi connectivity index (χ0) is 18.4. The lowest BCUT2D eigenvalue weighted by molar-refractivity contribution is 0.104. The molecule has 26 heavy (non-hydrogen) atoms. The van der Waals surface area contributed by atoms with Crippen LogP contribution in [0.5, 0.6) is 5.75 Å². The summed E-state index contributed by atoms with van der Waals surface area (Å²) in [7, 11) is 0. The van der Waals surface area contributed by atoms with Gasteiger partial charge in [0.25, 0.3) is 0 Å². The number of morpholine rings is 1. The van der Waals surface area contributed by atoms with Gasteiger partial charge in [-0.2, -0.15) is 0 Å². The number of hydrogen-bond donors (Lipinski definition) is 0. The molecule has 0 amide bonds. The van der Waals surface area contributed by atoms with Crippen LogP contribution in [-0.4, -0.2) is 38.7 Å². The SMILES string of the molecule is CCOc1ccc(C=CC(=O)c2ccc(N3CCOCC3)c(F)c2)cc1. The summed E-state index contributed by atoms with van der Waals surface area (Å²) in [6, 6.07) is 12.1. The normalized spacial score (nSPS) is 14.6. The second-order valence-corrected chi connectivity index (χ2v) is 5.97. The van der Waals surface area contributed by atoms with E-state index in [1.807, 2.05) is 36.1 Å². The van der Waals surface area contributed by atoms with Crippen molar-refractivity contribution in [1.82, 2.24) is 0 Å². The van der Waals surface area contributed by atoms with Gasteiger partial charge in [0.2, 0.25) is 0 Å². The number of carbonyl (C=O) groups is 1. The number of ether oxygens (including phenoxy) is 2. The fourth-order valence-corrected chi connectivity index (χ4v) is 2.83. The molecule has 3 rings (SSSR count). The molecule has 0 N–H and O–H groups in total. The van der Waals surface area contributed by atoms with Crippen LogP contribution in [0.4, 0.5) is 10.1 Å². The van der Waals surface area contributed by atoms with Crippen LogP contribution in [0.2, 0.25) is 0 Å². The van der Waals surface area contributed by atoms with Gasteiger partial charge >= 0.3 is 0 Å². The molecule has 0 radical (unpaired) electrons. The molecular weight excluding hydrogens is 333 g/mol. The third kappa shape index (κ3) is 4.49. The van der Waals surface area contributed by atoms with Crippen LogP contribution in [0.25, 0.3) is 6.08 Å². The largest absolute Gasteiger partial charge is 0.494 e. The molecule has 1 fully saturated rings. The Kier molecular flexibility index (Phi) is 6.02. The summed E-state index contributed by atoms with van der Waals surface area (Å²) in [6.45, 7) is 5.02. The van der Waals surface area contributed by atoms with E-state index in [1.54, 1.807) is 18.2 Å². The van der Waals surface area contributed by atoms with E-state index in [0.29, 0.717) is 44.2 Å². The maximum atomic E-state index is 14.4. The first-order chi connectivity index (χ1) is 12.7. The topological polar surface area (TPSA) is 38.8 Å². The van der Waals surface area contributed by atoms with E-state index in [1.165, 1.54) is 12.1 Å². The molecule has 1 aliphatic rings. The molecule has 0 aromatic heterocycles. The quantitative estimate of drug-likeness (QED) is 0.581. The second kappa shape index (κ2) is 8.63. The van der Waals surface area contributed by atoms with Gasteiger partial charge in [0, 0.05) is 18.7 Å². The molecule has 1 heterocycles. The van der Waals surface area contributed by atoms with Gasteiger partial charge in [0.05, 0.1) is 25.5 Å². The van der Waals surface area contributed by atoms with Crippen molar-refractivity contribution in [3.63, 3.8) is 0 Å². The van der Waals surface area contributed by atoms with Crippen molar-refractivity contribution < 1.29 is 18.7 Å². The molecule has 0 saturated carbocycles. The number of anilines is 1. The molecule has 0 aliphatic carbocycles. The van der Waals surface area contributed by atoms with Crippen LogP contribution in [0.3, 0.4) is 0 Å². The van der Waals surface area contributed by atoms with Gasteiger partial charge < -0.3 is 14.4 Å². The van der Waals surface area contributed by atoms with Crippen molar-refractivity contribution >= 4 is 17.5 Å². The molecule has 1 saturated heterocycles. The summed E-state index contributed by atoms with van der Waals surface area (Å²) < 4.78 is 25.1. The van der Waals surface area contributed by atoms with E-state index in [-0.39, 0.29) is 11.6 Å². The first kappa shape index (κ1) is 18.1. The van der Waals surface area contributed by atoms with Crippen molar-refractivity contribution in [3.05, 3.63) is 65.5 Å². The van der Waals surface area contributed by atoms with E-state index in [2.05, 4.69) is 0 Å². The number of benzene rings is 2. The number of halogens is 1. The molecule has 2 aromatic rings. The molecular formula is C21H22FNO3. The predicted molar refractivity (Wildman–Crippen MR) is 100 cm³/mol. The fraction of sp³-hybridized carbons (Fsp3) is 0.286. The Labute approximate surface area is 152 Å². The predicted octanol–water partition coefficient (Wildman–Crippen LogP) is 3.96. The van der Waals surface area contributed by atoms with Gasteiger partial charge in [-0.05, 0) is 48.9 Å². The van der Waals surface area contributed by atoms with E-state index in [9.17, 15) is 9.18 Å². The number of allylic oxidation sites excluding steroid dienone is 1. The third-order valence-corrected chi connectivity index (χ3v) is 4.20. The lowest BCUT2D eigenvalue weighted by Crippen LogP contribution is -2.36. The maximum absolute atomic E-state index is 14.4. The summed E-state index contributed by atoms with van der Waals surface area (Å²) >= 11 is 0. The summed E-state index contributed by atoms with van der Waals surface area (Å²) in [5.74, 6) is 0.176. The van der Waals surface area contributed by atoms with Gasteiger partial charge in [-0.15, -0.1) is 0 Å². The van der Waals surface area contributed by atoms with Crippen molar-refractivity contribution in [2.45, 2.75) is 6.92 Å². The summed E-state index contributed by atoms with van der Waals surface area (Å²) in [4.78, 5) is 14.2. The van der Waals surface area contributed by atoms with Crippen LogP contribution < -0.4 is 9.64 Å². The van der Waals surface area contributed by atoms with Crippen molar-refractivity contribution in [1.29, 1.82) is 0 Å². The Hall–Kier alpha value is -2.66. The van der Waals surface area contributed by atoms with Crippen LogP contribution in [-0.2, 0) is 4.74 Å². The molecule has 136 valence electrons. The molecule has 4 nitrogen and oxygen atoms in total. The standard InChI is InChI=1S/C21H22FNO3/c1-2-26-18-7-3-16(4-8-18)5-10-21(24)17-6-9-20(19(22)15-17)23-11-13-25-14-12-23/h3-10,15H,2,11-14H2,1H3. The second-order valence-electron chi connectivity index (χ2n) is 5.97. The van der Waals surface area contributed by atoms with E-state index < -0.39 is 0 Å². The highest BCUT2D eigenvalue weighted by molar-refractivity contribution is 6.07. The van der Waals surface area contributed by atoms with E-state index >= 15 is 0 Å². The fourth-order valence-electron chi connectivity index (χ4n) is 2.83. The molecule has 0 unspecified atom stereocenters. The van der Waals surface area contributed by atoms with Gasteiger partial charge in [0.1, 0.15) is 11.6 Å². The minimum absolute atomic E-state index is 0.230. The highest BCUT2D eigenvalue weighted by Gasteiger charge is 2.16. The maximum Gasteiger partial charge on any atom is 0.185 e. The number of nitrogens with zero attached hydrogens (tertiary/aromatic N) is 1. The molecule has 0 bridgehead atoms. The highest BCUT2D eigenvalue weighted by atomic mass is 19.1. The Balaban J connectivity index is 1.68. The molecule has 0 atom stereocenters. The lowest BCUT2D eigenvalue weighted by atomic mass is 10.1. The first-order valence-electron chi connectivity index (χ1n) is 8.75. The first-order valence-corrected chi connectivity index (χ1v) is 8.75. The molecule has 0 spiro atoms. The summed E-state index contributed by atoms with van der Waals surface area (Å²) in [6.07, 6.45) is 3.17. The zero-order valence-electron chi connectivity index (χ0n) is 14.8. The Morgan fingerprint density at radius 1 is 1.19 bits per heavy atom. The summed E-state index contributed by atoms with van der Waals surface area (Å²) in [5.41, 5.74) is 1.73. The van der Waals surface area contributed by atoms with Crippen LogP contribution >= 0.6 is 0 Å². The molecule has 2 aromatic carbocycles. The minimum atomic E-state index is -0.382. The average molecular weight is 355 g/mol. The number of carbonyl (C=O) groups excluding carboxylic acids is 1. The smallest absolute Gasteiger partial charge is 0.185 e. The van der Waals surface area contributed by atoms with Gasteiger partial charge in [-0.25, -0.2) is 4.39 Å². The Morgan fingerprint density at radius 3 is 2.58 bits per heavy atom. The van der Waals surface area contributed by atoms with Gasteiger partial charge in [0.15, 0.2) is 5.78 Å². The van der Waals surface area contributed by atoms with E-state index in [4.69, 9.17) is 9.47 Å². The zero-order valence-corrected chi connectivity index (χ0v) is 14.8. The Bertz CT molecular complexity index is 780. The molecule has 1 aliphatic heterocycles. The van der Waals surface area contributed by atoms with Crippen molar-refractivity contribution in [3.8, 4) is 5.75 Å². The minimum Gasteiger partial charge on any atom is -0.494 e. The van der Waals surface area contributed by atoms with Crippen LogP contribution in [0.1, 0.15) is 22.8 Å². The average Bonchev–Trinajstić information content (AvgIpc) is 2.68. The van der Waals surface area contributed by atoms with Crippen molar-refractivity contribution in [2.24, 2.45) is 0 Å². The summed E-state index contributed by atoms with van der Waals surface area (Å²) in [5, 5.41) is 0. The van der Waals surface area contributed by atoms with Gasteiger partial charge in [-0.1, -0.05) is 18.2 Å². The Morgan fingerprint density at radius 2 is 1.92 bits per heavy atom. The highest BCUT2D eigenvalue weighted by Crippen LogP contribution is 2.22. The number of hydrogen-bond acceptors (Lipinski definition) is 4. The van der Waals surface area contributed by atoms with E-state index in [0.717, 1.165) is 11.3 Å². The number of rotatable bonds is 6.